The lowest BCUT2D eigenvalue weighted by Crippen LogP contribution is -2.26. The van der Waals surface area contributed by atoms with Crippen LogP contribution in [0.15, 0.2) is 59.7 Å². The lowest BCUT2D eigenvalue weighted by atomic mass is 10.1. The molecule has 1 amide bonds. The Labute approximate surface area is 140 Å². The lowest BCUT2D eigenvalue weighted by Gasteiger charge is -2.19. The van der Waals surface area contributed by atoms with Crippen molar-refractivity contribution in [3.8, 4) is 12.1 Å². The quantitative estimate of drug-likeness (QED) is 0.678. The van der Waals surface area contributed by atoms with E-state index in [1.54, 1.807) is 48.4 Å². The van der Waals surface area contributed by atoms with E-state index >= 15 is 0 Å². The van der Waals surface area contributed by atoms with Crippen LogP contribution >= 0.6 is 0 Å². The third kappa shape index (κ3) is 4.19. The molecule has 0 fully saturated rings. The number of hydrazone groups is 1. The van der Waals surface area contributed by atoms with Gasteiger partial charge < -0.3 is 4.90 Å². The first kappa shape index (κ1) is 16.7. The summed E-state index contributed by atoms with van der Waals surface area (Å²) >= 11 is 0. The maximum atomic E-state index is 12.7. The van der Waals surface area contributed by atoms with Crippen LogP contribution in [0, 0.1) is 22.7 Å². The average Bonchev–Trinajstić information content (AvgIpc) is 2.63. The molecule has 0 spiro atoms. The molecule has 0 aromatic heterocycles. The number of hydrogen-bond donors (Lipinski definition) is 1. The van der Waals surface area contributed by atoms with Crippen molar-refractivity contribution in [2.75, 3.05) is 12.5 Å². The van der Waals surface area contributed by atoms with Gasteiger partial charge in [0.05, 0.1) is 11.3 Å². The average molecular weight is 317 g/mol. The Balaban J connectivity index is 2.19. The molecule has 0 aliphatic carbocycles. The highest BCUT2D eigenvalue weighted by Crippen LogP contribution is 2.18. The van der Waals surface area contributed by atoms with E-state index in [1.807, 2.05) is 30.3 Å². The fraction of sp³-hybridized carbons (Fsp3) is 0.111. The van der Waals surface area contributed by atoms with Crippen molar-refractivity contribution in [3.63, 3.8) is 0 Å². The largest absolute Gasteiger partial charge is 0.337 e. The van der Waals surface area contributed by atoms with Crippen LogP contribution in [0.1, 0.15) is 15.9 Å². The van der Waals surface area contributed by atoms with E-state index in [9.17, 15) is 4.79 Å². The van der Waals surface area contributed by atoms with Crippen molar-refractivity contribution in [1.29, 1.82) is 10.5 Å². The molecule has 0 aliphatic rings. The first-order valence-corrected chi connectivity index (χ1v) is 7.18. The molecule has 0 saturated carbocycles. The van der Waals surface area contributed by atoms with E-state index in [1.165, 1.54) is 0 Å². The van der Waals surface area contributed by atoms with Crippen molar-refractivity contribution in [1.82, 2.24) is 4.90 Å². The van der Waals surface area contributed by atoms with E-state index in [0.29, 0.717) is 17.8 Å². The highest BCUT2D eigenvalue weighted by molar-refractivity contribution is 6.10. The Bertz CT molecular complexity index is 814. The van der Waals surface area contributed by atoms with E-state index in [0.717, 1.165) is 5.56 Å². The summed E-state index contributed by atoms with van der Waals surface area (Å²) in [6.07, 6.45) is 0. The summed E-state index contributed by atoms with van der Waals surface area (Å²) < 4.78 is 0. The van der Waals surface area contributed by atoms with Crippen molar-refractivity contribution in [2.24, 2.45) is 5.10 Å². The number of amides is 1. The number of nitriles is 2. The second kappa shape index (κ2) is 8.11. The molecule has 1 N–H and O–H groups in total. The van der Waals surface area contributed by atoms with E-state index < -0.39 is 0 Å². The van der Waals surface area contributed by atoms with Crippen LogP contribution in [0.5, 0.6) is 0 Å². The minimum atomic E-state index is -0.310. The van der Waals surface area contributed by atoms with Crippen LogP contribution < -0.4 is 5.43 Å². The Morgan fingerprint density at radius 1 is 1.08 bits per heavy atom. The maximum absolute atomic E-state index is 12.7. The van der Waals surface area contributed by atoms with Gasteiger partial charge in [-0.15, -0.1) is 0 Å². The highest BCUT2D eigenvalue weighted by atomic mass is 16.2. The second-order valence-electron chi connectivity index (χ2n) is 4.99. The van der Waals surface area contributed by atoms with Gasteiger partial charge in [-0.05, 0) is 17.7 Å². The van der Waals surface area contributed by atoms with Gasteiger partial charge in [-0.25, -0.2) is 0 Å². The number of benzene rings is 2. The molecule has 2 aromatic carbocycles. The van der Waals surface area contributed by atoms with Gasteiger partial charge in [-0.3, -0.25) is 10.2 Å². The fourth-order valence-electron chi connectivity index (χ4n) is 2.09. The number of nitrogens with one attached hydrogen (secondary N) is 1. The van der Waals surface area contributed by atoms with Crippen molar-refractivity contribution in [3.05, 3.63) is 65.7 Å². The Morgan fingerprint density at radius 3 is 2.38 bits per heavy atom. The molecule has 0 atom stereocenters. The lowest BCUT2D eigenvalue weighted by molar-refractivity contribution is 0.0786. The molecule has 0 saturated heterocycles. The molecule has 0 bridgehead atoms. The number of carbonyl (C=O) groups excluding carboxylic acids is 1. The molecule has 0 heterocycles. The summed E-state index contributed by atoms with van der Waals surface area (Å²) in [5, 5.41) is 21.1. The van der Waals surface area contributed by atoms with Crippen LogP contribution in [-0.2, 0) is 6.54 Å². The summed E-state index contributed by atoms with van der Waals surface area (Å²) in [5.74, 6) is -0.187. The molecule has 6 nitrogen and oxygen atoms in total. The number of para-hydroxylation sites is 1. The SMILES string of the molecule is CN(Cc1ccccc1)C(=O)c1ccccc1NN=C(C#N)C#N. The first-order valence-electron chi connectivity index (χ1n) is 7.18. The summed E-state index contributed by atoms with van der Waals surface area (Å²) in [4.78, 5) is 14.3. The van der Waals surface area contributed by atoms with Gasteiger partial charge in [-0.1, -0.05) is 42.5 Å². The zero-order valence-corrected chi connectivity index (χ0v) is 13.1. The summed E-state index contributed by atoms with van der Waals surface area (Å²) in [6.45, 7) is 0.471. The Kier molecular flexibility index (Phi) is 5.65. The van der Waals surface area contributed by atoms with Crippen LogP contribution in [0.25, 0.3) is 0 Å². The standard InChI is InChI=1S/C18H15N5O/c1-23(13-14-7-3-2-4-8-14)18(24)16-9-5-6-10-17(16)22-21-15(11-19)12-20/h2-10,22H,13H2,1H3. The number of rotatable bonds is 5. The molecule has 0 radical (unpaired) electrons. The number of nitrogens with zero attached hydrogens (tertiary/aromatic N) is 4. The number of hydrogen-bond acceptors (Lipinski definition) is 5. The number of carbonyl (C=O) groups is 1. The van der Waals surface area contributed by atoms with Crippen LogP contribution in [0.4, 0.5) is 5.69 Å². The molecule has 24 heavy (non-hydrogen) atoms. The van der Waals surface area contributed by atoms with E-state index in [4.69, 9.17) is 10.5 Å². The zero-order valence-electron chi connectivity index (χ0n) is 13.1. The van der Waals surface area contributed by atoms with Gasteiger partial charge in [0, 0.05) is 13.6 Å². The molecule has 6 heteroatoms. The van der Waals surface area contributed by atoms with Gasteiger partial charge in [0.25, 0.3) is 5.91 Å². The smallest absolute Gasteiger partial charge is 0.256 e. The predicted octanol–water partition coefficient (Wildman–Crippen LogP) is 2.77. The van der Waals surface area contributed by atoms with Gasteiger partial charge in [0.15, 0.2) is 0 Å². The monoisotopic (exact) mass is 317 g/mol. The maximum Gasteiger partial charge on any atom is 0.256 e. The second-order valence-corrected chi connectivity index (χ2v) is 4.99. The molecule has 0 aliphatic heterocycles. The van der Waals surface area contributed by atoms with Gasteiger partial charge in [0.2, 0.25) is 5.71 Å². The molecular formula is C18H15N5O. The Hall–Kier alpha value is -3.64. The molecule has 118 valence electrons. The molecule has 2 rings (SSSR count). The van der Waals surface area contributed by atoms with Crippen molar-refractivity contribution < 1.29 is 4.79 Å². The molecular weight excluding hydrogens is 302 g/mol. The minimum absolute atomic E-state index is 0.187. The predicted molar refractivity (Wildman–Crippen MR) is 91.0 cm³/mol. The first-order chi connectivity index (χ1) is 11.7. The Morgan fingerprint density at radius 2 is 1.71 bits per heavy atom. The third-order valence-electron chi connectivity index (χ3n) is 3.27. The molecule has 0 unspecified atom stereocenters. The fourth-order valence-corrected chi connectivity index (χ4v) is 2.09. The van der Waals surface area contributed by atoms with Gasteiger partial charge in [-0.2, -0.15) is 15.6 Å². The topological polar surface area (TPSA) is 92.3 Å². The van der Waals surface area contributed by atoms with E-state index in [-0.39, 0.29) is 11.6 Å². The minimum Gasteiger partial charge on any atom is -0.337 e. The summed E-state index contributed by atoms with van der Waals surface area (Å²) in [6, 6.07) is 19.8. The number of anilines is 1. The zero-order chi connectivity index (χ0) is 17.4. The highest BCUT2D eigenvalue weighted by Gasteiger charge is 2.15. The van der Waals surface area contributed by atoms with Crippen molar-refractivity contribution in [2.45, 2.75) is 6.54 Å². The van der Waals surface area contributed by atoms with Gasteiger partial charge >= 0.3 is 0 Å². The third-order valence-corrected chi connectivity index (χ3v) is 3.27. The van der Waals surface area contributed by atoms with Gasteiger partial charge in [0.1, 0.15) is 12.1 Å². The van der Waals surface area contributed by atoms with Crippen LogP contribution in [0.3, 0.4) is 0 Å². The van der Waals surface area contributed by atoms with Crippen LogP contribution in [0.2, 0.25) is 0 Å². The molecule has 2 aromatic rings. The van der Waals surface area contributed by atoms with Crippen LogP contribution in [-0.4, -0.2) is 23.6 Å². The summed E-state index contributed by atoms with van der Waals surface area (Å²) in [7, 11) is 1.71. The van der Waals surface area contributed by atoms with Crippen molar-refractivity contribution >= 4 is 17.3 Å². The normalized spacial score (nSPS) is 9.29. The summed E-state index contributed by atoms with van der Waals surface area (Å²) in [5.41, 5.74) is 4.17. The van der Waals surface area contributed by atoms with E-state index in [2.05, 4.69) is 10.5 Å².